The molecule has 0 atom stereocenters. The molecule has 4 rings (SSSR count). The molecule has 2 aromatic carbocycles. The highest BCUT2D eigenvalue weighted by atomic mass is 32.1. The number of benzene rings is 2. The van der Waals surface area contributed by atoms with E-state index in [1.165, 1.54) is 16.7 Å². The molecule has 1 amide bonds. The molecule has 0 unspecified atom stereocenters. The Morgan fingerprint density at radius 3 is 2.47 bits per heavy atom. The summed E-state index contributed by atoms with van der Waals surface area (Å²) < 4.78 is 12.4. The minimum absolute atomic E-state index is 0.0340. The zero-order chi connectivity index (χ0) is 22.7. The van der Waals surface area contributed by atoms with Gasteiger partial charge < -0.3 is 24.5 Å². The van der Waals surface area contributed by atoms with Crippen molar-refractivity contribution < 1.29 is 24.2 Å². The first-order chi connectivity index (χ1) is 15.5. The van der Waals surface area contributed by atoms with E-state index in [0.717, 1.165) is 11.0 Å². The molecule has 0 fully saturated rings. The van der Waals surface area contributed by atoms with Crippen molar-refractivity contribution in [3.05, 3.63) is 53.5 Å². The van der Waals surface area contributed by atoms with E-state index in [1.807, 2.05) is 28.8 Å². The highest BCUT2D eigenvalue weighted by molar-refractivity contribution is 7.13. The van der Waals surface area contributed by atoms with Gasteiger partial charge in [-0.3, -0.25) is 4.79 Å². The molecule has 0 saturated carbocycles. The van der Waals surface area contributed by atoms with Crippen LogP contribution in [0.2, 0.25) is 0 Å². The van der Waals surface area contributed by atoms with Crippen LogP contribution in [0, 0.1) is 0 Å². The van der Waals surface area contributed by atoms with Gasteiger partial charge in [-0.2, -0.15) is 0 Å². The minimum Gasteiger partial charge on any atom is -0.497 e. The van der Waals surface area contributed by atoms with E-state index >= 15 is 0 Å². The third-order valence-corrected chi connectivity index (χ3v) is 5.61. The number of methoxy groups -OCH3 is 2. The van der Waals surface area contributed by atoms with Gasteiger partial charge in [0.2, 0.25) is 5.91 Å². The Morgan fingerprint density at radius 1 is 1.09 bits per heavy atom. The van der Waals surface area contributed by atoms with Crippen molar-refractivity contribution in [3.8, 4) is 22.3 Å². The first-order valence-electron chi connectivity index (χ1n) is 9.66. The van der Waals surface area contributed by atoms with E-state index in [-0.39, 0.29) is 18.0 Å². The summed E-state index contributed by atoms with van der Waals surface area (Å²) in [4.78, 5) is 32.7. The number of anilines is 1. The summed E-state index contributed by atoms with van der Waals surface area (Å²) in [5.41, 5.74) is 2.11. The van der Waals surface area contributed by atoms with Crippen molar-refractivity contribution in [2.24, 2.45) is 0 Å². The quantitative estimate of drug-likeness (QED) is 0.416. The normalized spacial score (nSPS) is 10.8. The molecule has 4 aromatic rings. The molecule has 2 aromatic heterocycles. The van der Waals surface area contributed by atoms with Gasteiger partial charge in [-0.1, -0.05) is 12.1 Å². The monoisotopic (exact) mass is 452 g/mol. The maximum atomic E-state index is 12.7. The number of ether oxygens (including phenoxy) is 2. The van der Waals surface area contributed by atoms with Gasteiger partial charge in [-0.05, 0) is 12.1 Å². The first kappa shape index (κ1) is 21.3. The molecule has 0 saturated heterocycles. The van der Waals surface area contributed by atoms with E-state index in [2.05, 4.69) is 15.3 Å². The van der Waals surface area contributed by atoms with Crippen LogP contribution in [0.4, 0.5) is 5.69 Å². The van der Waals surface area contributed by atoms with Crippen molar-refractivity contribution >= 4 is 39.9 Å². The fourth-order valence-corrected chi connectivity index (χ4v) is 4.05. The number of fused-ring (bicyclic) bond motifs is 1. The third-order valence-electron chi connectivity index (χ3n) is 4.77. The fraction of sp³-hybridized carbons (Fsp3) is 0.182. The second-order valence-corrected chi connectivity index (χ2v) is 7.68. The number of carboxylic acid groups (broad SMARTS) is 1. The maximum absolute atomic E-state index is 12.7. The molecule has 0 radical (unpaired) electrons. The van der Waals surface area contributed by atoms with Crippen LogP contribution in [0.15, 0.2) is 47.8 Å². The molecular weight excluding hydrogens is 432 g/mol. The summed E-state index contributed by atoms with van der Waals surface area (Å²) in [5.74, 6) is 0.373. The SMILES string of the molecule is COc1cc(NC(=O)CCn2c(-c3nc(C(=O)O)cs3)nc3ccccc32)cc(OC)c1. The number of carboxylic acids is 1. The zero-order valence-electron chi connectivity index (χ0n) is 17.4. The number of aryl methyl sites for hydroxylation is 1. The number of carbonyl (C=O) groups is 2. The van der Waals surface area contributed by atoms with Gasteiger partial charge in [0.15, 0.2) is 16.5 Å². The highest BCUT2D eigenvalue weighted by Gasteiger charge is 2.18. The lowest BCUT2D eigenvalue weighted by Gasteiger charge is -2.11. The summed E-state index contributed by atoms with van der Waals surface area (Å²) in [6, 6.07) is 12.7. The van der Waals surface area contributed by atoms with E-state index in [0.29, 0.717) is 34.6 Å². The van der Waals surface area contributed by atoms with Crippen molar-refractivity contribution in [1.82, 2.24) is 14.5 Å². The second kappa shape index (κ2) is 9.06. The van der Waals surface area contributed by atoms with Gasteiger partial charge in [0.1, 0.15) is 11.5 Å². The predicted octanol–water partition coefficient (Wildman–Crippen LogP) is 3.90. The first-order valence-corrected chi connectivity index (χ1v) is 10.5. The van der Waals surface area contributed by atoms with Gasteiger partial charge in [-0.15, -0.1) is 11.3 Å². The van der Waals surface area contributed by atoms with Crippen LogP contribution in [-0.4, -0.2) is 45.7 Å². The fourth-order valence-electron chi connectivity index (χ4n) is 3.26. The summed E-state index contributed by atoms with van der Waals surface area (Å²) in [7, 11) is 3.08. The number of thiazole rings is 1. The minimum atomic E-state index is -1.09. The number of aromatic carboxylic acids is 1. The molecule has 0 aliphatic carbocycles. The summed E-state index contributed by atoms with van der Waals surface area (Å²) in [6.07, 6.45) is 0.171. The Bertz CT molecular complexity index is 1270. The van der Waals surface area contributed by atoms with Gasteiger partial charge in [0.05, 0.1) is 25.3 Å². The van der Waals surface area contributed by atoms with Crippen molar-refractivity contribution in [1.29, 1.82) is 0 Å². The van der Waals surface area contributed by atoms with Crippen LogP contribution in [0.1, 0.15) is 16.9 Å². The molecule has 2 N–H and O–H groups in total. The van der Waals surface area contributed by atoms with Crippen LogP contribution in [0.3, 0.4) is 0 Å². The van der Waals surface area contributed by atoms with Crippen LogP contribution in [0.5, 0.6) is 11.5 Å². The zero-order valence-corrected chi connectivity index (χ0v) is 18.2. The van der Waals surface area contributed by atoms with Crippen LogP contribution in [-0.2, 0) is 11.3 Å². The smallest absolute Gasteiger partial charge is 0.355 e. The van der Waals surface area contributed by atoms with Gasteiger partial charge in [-0.25, -0.2) is 14.8 Å². The van der Waals surface area contributed by atoms with E-state index in [4.69, 9.17) is 9.47 Å². The molecule has 2 heterocycles. The van der Waals surface area contributed by atoms with Gasteiger partial charge in [0, 0.05) is 42.2 Å². The lowest BCUT2D eigenvalue weighted by Crippen LogP contribution is -2.15. The van der Waals surface area contributed by atoms with Crippen LogP contribution < -0.4 is 14.8 Å². The Hall–Kier alpha value is -3.92. The van der Waals surface area contributed by atoms with E-state index in [9.17, 15) is 14.7 Å². The van der Waals surface area contributed by atoms with Crippen LogP contribution in [0.25, 0.3) is 21.9 Å². The number of nitrogens with zero attached hydrogens (tertiary/aromatic N) is 3. The maximum Gasteiger partial charge on any atom is 0.355 e. The number of amides is 1. The average Bonchev–Trinajstić information content (AvgIpc) is 3.42. The number of aromatic nitrogens is 3. The Morgan fingerprint density at radius 2 is 1.81 bits per heavy atom. The molecule has 0 aliphatic heterocycles. The Balaban J connectivity index is 1.57. The molecule has 32 heavy (non-hydrogen) atoms. The molecule has 0 spiro atoms. The number of hydrogen-bond acceptors (Lipinski definition) is 7. The largest absolute Gasteiger partial charge is 0.497 e. The Kier molecular flexibility index (Phi) is 6.04. The summed E-state index contributed by atoms with van der Waals surface area (Å²) >= 11 is 1.20. The van der Waals surface area contributed by atoms with Crippen molar-refractivity contribution in [2.75, 3.05) is 19.5 Å². The van der Waals surface area contributed by atoms with Crippen LogP contribution >= 0.6 is 11.3 Å². The lowest BCUT2D eigenvalue weighted by molar-refractivity contribution is -0.116. The topological polar surface area (TPSA) is 116 Å². The number of rotatable bonds is 8. The summed E-state index contributed by atoms with van der Waals surface area (Å²) in [5, 5.41) is 14.0. The van der Waals surface area contributed by atoms with Crippen molar-refractivity contribution in [3.63, 3.8) is 0 Å². The molecule has 0 bridgehead atoms. The second-order valence-electron chi connectivity index (χ2n) is 6.82. The summed E-state index contributed by atoms with van der Waals surface area (Å²) in [6.45, 7) is 0.338. The lowest BCUT2D eigenvalue weighted by atomic mass is 10.2. The third kappa shape index (κ3) is 4.40. The number of nitrogens with one attached hydrogen (secondary N) is 1. The molecular formula is C22H20N4O5S. The number of imidazole rings is 1. The molecule has 10 heteroatoms. The number of hydrogen-bond donors (Lipinski definition) is 2. The number of carbonyl (C=O) groups excluding carboxylic acids is 1. The van der Waals surface area contributed by atoms with Gasteiger partial charge in [0.25, 0.3) is 0 Å². The Labute approximate surface area is 187 Å². The van der Waals surface area contributed by atoms with E-state index in [1.54, 1.807) is 32.4 Å². The molecule has 0 aliphatic rings. The molecule has 164 valence electrons. The van der Waals surface area contributed by atoms with Crippen molar-refractivity contribution in [2.45, 2.75) is 13.0 Å². The highest BCUT2D eigenvalue weighted by Crippen LogP contribution is 2.29. The molecule has 9 nitrogen and oxygen atoms in total. The predicted molar refractivity (Wildman–Crippen MR) is 121 cm³/mol. The number of para-hydroxylation sites is 2. The average molecular weight is 452 g/mol. The van der Waals surface area contributed by atoms with Gasteiger partial charge >= 0.3 is 5.97 Å². The van der Waals surface area contributed by atoms with E-state index < -0.39 is 5.97 Å². The standard InChI is InChI=1S/C22H20N4O5S/c1-30-14-9-13(10-15(11-14)31-2)23-19(27)7-8-26-18-6-4-3-5-16(18)24-20(26)21-25-17(12-32-21)22(28)29/h3-6,9-12H,7-8H2,1-2H3,(H,23,27)(H,28,29).